The number of nitrogens with zero attached hydrogens (tertiary/aromatic N) is 1. The molecule has 3 nitrogen and oxygen atoms in total. The molecule has 0 amide bonds. The highest BCUT2D eigenvalue weighted by molar-refractivity contribution is 5.75. The molecular weight excluding hydrogens is 214 g/mol. The van der Waals surface area contributed by atoms with E-state index in [0.29, 0.717) is 11.9 Å². The first-order valence-electron chi connectivity index (χ1n) is 7.05. The molecule has 0 aromatic carbocycles. The predicted octanol–water partition coefficient (Wildman–Crippen LogP) is 2.64. The summed E-state index contributed by atoms with van der Waals surface area (Å²) in [6, 6.07) is 0. The lowest BCUT2D eigenvalue weighted by atomic mass is 10.1. The first kappa shape index (κ1) is 14.7. The third-order valence-corrected chi connectivity index (χ3v) is 3.27. The third-order valence-electron chi connectivity index (χ3n) is 3.27. The molecule has 0 aliphatic carbocycles. The molecule has 100 valence electrons. The van der Waals surface area contributed by atoms with Gasteiger partial charge in [0.05, 0.1) is 6.10 Å². The van der Waals surface area contributed by atoms with Crippen LogP contribution in [-0.2, 0) is 9.53 Å². The van der Waals surface area contributed by atoms with E-state index in [-0.39, 0.29) is 0 Å². The van der Waals surface area contributed by atoms with Crippen molar-refractivity contribution in [3.05, 3.63) is 0 Å². The van der Waals surface area contributed by atoms with Crippen LogP contribution in [0.1, 0.15) is 52.4 Å². The summed E-state index contributed by atoms with van der Waals surface area (Å²) in [6.45, 7) is 8.13. The van der Waals surface area contributed by atoms with E-state index in [1.165, 1.54) is 19.4 Å². The summed E-state index contributed by atoms with van der Waals surface area (Å²) >= 11 is 0. The molecule has 3 heteroatoms. The van der Waals surface area contributed by atoms with Crippen LogP contribution in [0.25, 0.3) is 0 Å². The van der Waals surface area contributed by atoms with Crippen molar-refractivity contribution in [3.8, 4) is 0 Å². The highest BCUT2D eigenvalue weighted by Gasteiger charge is 2.19. The molecule has 17 heavy (non-hydrogen) atoms. The number of ketones is 1. The van der Waals surface area contributed by atoms with Crippen molar-refractivity contribution in [1.82, 2.24) is 4.90 Å². The molecule has 1 heterocycles. The van der Waals surface area contributed by atoms with Crippen LogP contribution in [0.2, 0.25) is 0 Å². The highest BCUT2D eigenvalue weighted by atomic mass is 16.5. The van der Waals surface area contributed by atoms with E-state index in [1.54, 1.807) is 6.92 Å². The normalized spacial score (nSPS) is 21.6. The fraction of sp³-hybridized carbons (Fsp3) is 0.929. The van der Waals surface area contributed by atoms with Gasteiger partial charge in [0, 0.05) is 19.6 Å². The average molecular weight is 241 g/mol. The molecule has 0 spiro atoms. The summed E-state index contributed by atoms with van der Waals surface area (Å²) in [5.41, 5.74) is 0. The Hall–Kier alpha value is -0.410. The number of hydrogen-bond donors (Lipinski definition) is 0. The van der Waals surface area contributed by atoms with Crippen LogP contribution in [0.3, 0.4) is 0 Å². The topological polar surface area (TPSA) is 29.5 Å². The number of carbonyl (C=O) groups is 1. The van der Waals surface area contributed by atoms with E-state index in [2.05, 4.69) is 11.8 Å². The molecule has 1 rings (SSSR count). The minimum atomic E-state index is 0.313. The van der Waals surface area contributed by atoms with Gasteiger partial charge in [0.1, 0.15) is 5.78 Å². The van der Waals surface area contributed by atoms with Crippen molar-refractivity contribution in [2.24, 2.45) is 0 Å². The highest BCUT2D eigenvalue weighted by Crippen LogP contribution is 2.14. The molecule has 0 aromatic rings. The van der Waals surface area contributed by atoms with Gasteiger partial charge in [0.25, 0.3) is 0 Å². The van der Waals surface area contributed by atoms with Gasteiger partial charge in [0.15, 0.2) is 0 Å². The lowest BCUT2D eigenvalue weighted by Crippen LogP contribution is -2.40. The second kappa shape index (κ2) is 8.65. The Kier molecular flexibility index (Phi) is 7.45. The minimum absolute atomic E-state index is 0.313. The van der Waals surface area contributed by atoms with E-state index in [1.807, 2.05) is 0 Å². The van der Waals surface area contributed by atoms with E-state index in [9.17, 15) is 4.79 Å². The fourth-order valence-corrected chi connectivity index (χ4v) is 2.35. The molecule has 1 aliphatic heterocycles. The maximum absolute atomic E-state index is 10.8. The van der Waals surface area contributed by atoms with Crippen molar-refractivity contribution in [2.45, 2.75) is 58.5 Å². The van der Waals surface area contributed by atoms with E-state index >= 15 is 0 Å². The molecule has 1 aliphatic rings. The Morgan fingerprint density at radius 1 is 1.41 bits per heavy atom. The summed E-state index contributed by atoms with van der Waals surface area (Å²) in [5, 5.41) is 0. The molecule has 0 aromatic heterocycles. The van der Waals surface area contributed by atoms with Crippen LogP contribution in [0.4, 0.5) is 0 Å². The van der Waals surface area contributed by atoms with Gasteiger partial charge in [-0.15, -0.1) is 0 Å². The number of unbranched alkanes of at least 4 members (excludes halogenated alkanes) is 1. The van der Waals surface area contributed by atoms with Crippen LogP contribution in [-0.4, -0.2) is 43.0 Å². The smallest absolute Gasteiger partial charge is 0.129 e. The predicted molar refractivity (Wildman–Crippen MR) is 70.2 cm³/mol. The Morgan fingerprint density at radius 2 is 2.24 bits per heavy atom. The first-order valence-corrected chi connectivity index (χ1v) is 7.05. The Morgan fingerprint density at radius 3 is 2.94 bits per heavy atom. The molecule has 1 unspecified atom stereocenters. The molecule has 0 radical (unpaired) electrons. The number of carbonyl (C=O) groups excluding carboxylic acids is 1. The van der Waals surface area contributed by atoms with Crippen LogP contribution < -0.4 is 0 Å². The third kappa shape index (κ3) is 6.79. The van der Waals surface area contributed by atoms with Gasteiger partial charge in [-0.05, 0) is 52.1 Å². The molecule has 0 saturated carbocycles. The number of Topliss-reactive ketones (excluding diaryl/α,β-unsaturated/α-hetero) is 1. The van der Waals surface area contributed by atoms with E-state index < -0.39 is 0 Å². The molecular formula is C14H27NO2. The number of ether oxygens (including phenoxy) is 1. The zero-order valence-corrected chi connectivity index (χ0v) is 11.4. The van der Waals surface area contributed by atoms with Gasteiger partial charge in [-0.2, -0.15) is 0 Å². The second-order valence-electron chi connectivity index (χ2n) is 5.09. The Labute approximate surface area is 106 Å². The van der Waals surface area contributed by atoms with Crippen LogP contribution in [0.15, 0.2) is 0 Å². The first-order chi connectivity index (χ1) is 8.22. The van der Waals surface area contributed by atoms with Crippen LogP contribution >= 0.6 is 0 Å². The fourth-order valence-electron chi connectivity index (χ4n) is 2.35. The van der Waals surface area contributed by atoms with Gasteiger partial charge in [0.2, 0.25) is 0 Å². The summed E-state index contributed by atoms with van der Waals surface area (Å²) in [7, 11) is 0. The zero-order valence-electron chi connectivity index (χ0n) is 11.4. The van der Waals surface area contributed by atoms with Gasteiger partial charge in [-0.25, -0.2) is 0 Å². The summed E-state index contributed by atoms with van der Waals surface area (Å²) in [4.78, 5) is 13.3. The maximum Gasteiger partial charge on any atom is 0.129 e. The van der Waals surface area contributed by atoms with Crippen LogP contribution in [0.5, 0.6) is 0 Å². The molecule has 0 N–H and O–H groups in total. The monoisotopic (exact) mass is 241 g/mol. The quantitative estimate of drug-likeness (QED) is 0.612. The maximum atomic E-state index is 10.8. The molecule has 1 saturated heterocycles. The van der Waals surface area contributed by atoms with Gasteiger partial charge in [-0.1, -0.05) is 6.92 Å². The lowest BCUT2D eigenvalue weighted by molar-refractivity contribution is -0.117. The van der Waals surface area contributed by atoms with Crippen molar-refractivity contribution < 1.29 is 9.53 Å². The van der Waals surface area contributed by atoms with Crippen molar-refractivity contribution in [2.75, 3.05) is 26.2 Å². The standard InChI is InChI=1S/C14H27NO2/c1-3-11-17-14-8-6-10-15(12-14)9-5-4-7-13(2)16/h14H,3-12H2,1-2H3. The number of piperidine rings is 1. The molecule has 0 bridgehead atoms. The van der Waals surface area contributed by atoms with Gasteiger partial charge < -0.3 is 14.4 Å². The number of likely N-dealkylation sites (tertiary alicyclic amines) is 1. The van der Waals surface area contributed by atoms with Gasteiger partial charge in [-0.3, -0.25) is 0 Å². The minimum Gasteiger partial charge on any atom is -0.377 e. The molecule has 1 atom stereocenters. The number of rotatable bonds is 8. The summed E-state index contributed by atoms with van der Waals surface area (Å²) in [6.07, 6.45) is 6.92. The lowest BCUT2D eigenvalue weighted by Gasteiger charge is -2.32. The zero-order chi connectivity index (χ0) is 12.5. The largest absolute Gasteiger partial charge is 0.377 e. The Balaban J connectivity index is 2.09. The van der Waals surface area contributed by atoms with Crippen molar-refractivity contribution in [3.63, 3.8) is 0 Å². The Bertz CT molecular complexity index is 218. The number of hydrogen-bond acceptors (Lipinski definition) is 3. The van der Waals surface area contributed by atoms with Crippen LogP contribution in [0, 0.1) is 0 Å². The van der Waals surface area contributed by atoms with E-state index in [0.717, 1.165) is 45.4 Å². The summed E-state index contributed by atoms with van der Waals surface area (Å²) in [5.74, 6) is 0.313. The van der Waals surface area contributed by atoms with E-state index in [4.69, 9.17) is 4.74 Å². The van der Waals surface area contributed by atoms with Gasteiger partial charge >= 0.3 is 0 Å². The second-order valence-corrected chi connectivity index (χ2v) is 5.09. The summed E-state index contributed by atoms with van der Waals surface area (Å²) < 4.78 is 5.81. The van der Waals surface area contributed by atoms with Crippen molar-refractivity contribution in [1.29, 1.82) is 0 Å². The average Bonchev–Trinajstić information content (AvgIpc) is 2.32. The molecule has 1 fully saturated rings. The van der Waals surface area contributed by atoms with Crippen molar-refractivity contribution >= 4 is 5.78 Å². The SMILES string of the molecule is CCCOC1CCCN(CCCCC(C)=O)C1.